The highest BCUT2D eigenvalue weighted by Crippen LogP contribution is 2.20. The molecule has 1 saturated heterocycles. The number of carbonyl (C=O) groups is 3. The highest BCUT2D eigenvalue weighted by atomic mass is 35.5. The summed E-state index contributed by atoms with van der Waals surface area (Å²) in [5.41, 5.74) is 2.55. The Kier molecular flexibility index (Phi) is 5.76. The van der Waals surface area contributed by atoms with Crippen molar-refractivity contribution in [2.75, 3.05) is 31.5 Å². The second-order valence-corrected chi connectivity index (χ2v) is 6.86. The van der Waals surface area contributed by atoms with Crippen molar-refractivity contribution in [1.29, 1.82) is 0 Å². The number of hydrogen-bond donors (Lipinski definition) is 1. The summed E-state index contributed by atoms with van der Waals surface area (Å²) in [6.07, 6.45) is 0.803. The van der Waals surface area contributed by atoms with Crippen LogP contribution in [0.3, 0.4) is 0 Å². The summed E-state index contributed by atoms with van der Waals surface area (Å²) >= 11 is 5.93. The first-order valence-electron chi connectivity index (χ1n) is 8.64. The fourth-order valence-corrected chi connectivity index (χ4v) is 3.17. The van der Waals surface area contributed by atoms with Crippen LogP contribution in [0.2, 0.25) is 5.02 Å². The van der Waals surface area contributed by atoms with Crippen molar-refractivity contribution in [1.82, 2.24) is 9.80 Å². The molecule has 0 bridgehead atoms. The first-order chi connectivity index (χ1) is 13.0. The average molecular weight is 386 g/mol. The minimum atomic E-state index is -0.251. The molecule has 0 spiro atoms. The molecule has 6 nitrogen and oxygen atoms in total. The molecular weight excluding hydrogens is 366 g/mol. The zero-order valence-corrected chi connectivity index (χ0v) is 15.7. The van der Waals surface area contributed by atoms with Gasteiger partial charge in [0.1, 0.15) is 0 Å². The van der Waals surface area contributed by atoms with Crippen molar-refractivity contribution in [3.63, 3.8) is 0 Å². The van der Waals surface area contributed by atoms with E-state index in [9.17, 15) is 14.4 Å². The van der Waals surface area contributed by atoms with Gasteiger partial charge in [0.25, 0.3) is 11.8 Å². The quantitative estimate of drug-likeness (QED) is 0.823. The lowest BCUT2D eigenvalue weighted by molar-refractivity contribution is -0.119. The van der Waals surface area contributed by atoms with Crippen LogP contribution >= 0.6 is 11.6 Å². The highest BCUT2D eigenvalue weighted by molar-refractivity contribution is 6.30. The van der Waals surface area contributed by atoms with Gasteiger partial charge in [-0.25, -0.2) is 0 Å². The van der Waals surface area contributed by atoms with Gasteiger partial charge >= 0.3 is 0 Å². The minimum Gasteiger partial charge on any atom is -0.342 e. The normalized spacial score (nSPS) is 14.0. The molecule has 2 aromatic rings. The van der Waals surface area contributed by atoms with Crippen LogP contribution in [-0.4, -0.2) is 54.2 Å². The molecule has 3 rings (SSSR count). The van der Waals surface area contributed by atoms with E-state index >= 15 is 0 Å². The van der Waals surface area contributed by atoms with Gasteiger partial charge in [-0.15, -0.1) is 0 Å². The lowest BCUT2D eigenvalue weighted by Gasteiger charge is -2.32. The first kappa shape index (κ1) is 18.9. The number of benzene rings is 2. The number of nitrogens with one attached hydrogen (secondary N) is 1. The van der Waals surface area contributed by atoms with Crippen molar-refractivity contribution >= 4 is 35.5 Å². The minimum absolute atomic E-state index is 0.0962. The lowest BCUT2D eigenvalue weighted by Crippen LogP contribution is -2.48. The third kappa shape index (κ3) is 4.46. The van der Waals surface area contributed by atoms with E-state index < -0.39 is 0 Å². The Morgan fingerprint density at radius 3 is 2.22 bits per heavy atom. The van der Waals surface area contributed by atoms with E-state index in [1.807, 2.05) is 6.92 Å². The van der Waals surface area contributed by atoms with Crippen molar-refractivity contribution < 1.29 is 14.4 Å². The number of rotatable bonds is 4. The molecule has 27 heavy (non-hydrogen) atoms. The van der Waals surface area contributed by atoms with E-state index in [1.165, 1.54) is 0 Å². The Morgan fingerprint density at radius 1 is 1.00 bits per heavy atom. The molecule has 0 aliphatic carbocycles. The molecule has 1 fully saturated rings. The van der Waals surface area contributed by atoms with Crippen LogP contribution < -0.4 is 5.32 Å². The van der Waals surface area contributed by atoms with Gasteiger partial charge in [-0.1, -0.05) is 11.6 Å². The largest absolute Gasteiger partial charge is 0.342 e. The van der Waals surface area contributed by atoms with Gasteiger partial charge in [0.2, 0.25) is 6.41 Å². The fourth-order valence-electron chi connectivity index (χ4n) is 2.94. The molecule has 0 aromatic heterocycles. The van der Waals surface area contributed by atoms with Crippen molar-refractivity contribution in [2.24, 2.45) is 0 Å². The van der Waals surface area contributed by atoms with Gasteiger partial charge in [0, 0.05) is 48.0 Å². The van der Waals surface area contributed by atoms with Gasteiger partial charge in [0.05, 0.1) is 0 Å². The molecule has 1 N–H and O–H groups in total. The van der Waals surface area contributed by atoms with Crippen LogP contribution in [0.5, 0.6) is 0 Å². The number of anilines is 1. The molecule has 0 saturated carbocycles. The first-order valence-corrected chi connectivity index (χ1v) is 9.02. The van der Waals surface area contributed by atoms with E-state index in [0.717, 1.165) is 12.0 Å². The van der Waals surface area contributed by atoms with Crippen LogP contribution in [0.25, 0.3) is 0 Å². The molecule has 1 heterocycles. The standard InChI is InChI=1S/C20H20ClN3O3/c1-14-12-17(21)6-7-18(14)22-19(26)15-2-4-16(5-3-15)20(27)24-10-8-23(13-25)9-11-24/h2-7,12-13H,8-11H2,1H3,(H,22,26). The highest BCUT2D eigenvalue weighted by Gasteiger charge is 2.21. The maximum Gasteiger partial charge on any atom is 0.255 e. The Morgan fingerprint density at radius 2 is 1.63 bits per heavy atom. The van der Waals surface area contributed by atoms with Gasteiger partial charge in [0.15, 0.2) is 0 Å². The molecule has 2 aromatic carbocycles. The summed E-state index contributed by atoms with van der Waals surface area (Å²) in [6.45, 7) is 3.96. The molecule has 1 aliphatic rings. The van der Waals surface area contributed by atoms with E-state index in [4.69, 9.17) is 11.6 Å². The van der Waals surface area contributed by atoms with E-state index in [2.05, 4.69) is 5.32 Å². The molecule has 140 valence electrons. The van der Waals surface area contributed by atoms with Crippen molar-refractivity contribution in [3.05, 3.63) is 64.2 Å². The second kappa shape index (κ2) is 8.22. The van der Waals surface area contributed by atoms with Crippen LogP contribution in [0.15, 0.2) is 42.5 Å². The van der Waals surface area contributed by atoms with Gasteiger partial charge in [-0.05, 0) is 55.0 Å². The summed E-state index contributed by atoms with van der Waals surface area (Å²) in [6, 6.07) is 11.8. The molecule has 1 aliphatic heterocycles. The summed E-state index contributed by atoms with van der Waals surface area (Å²) in [5, 5.41) is 3.46. The smallest absolute Gasteiger partial charge is 0.255 e. The zero-order valence-electron chi connectivity index (χ0n) is 14.9. The number of halogens is 1. The molecule has 7 heteroatoms. The van der Waals surface area contributed by atoms with E-state index in [-0.39, 0.29) is 11.8 Å². The maximum atomic E-state index is 12.5. The lowest BCUT2D eigenvalue weighted by atomic mass is 10.1. The zero-order chi connectivity index (χ0) is 19.4. The van der Waals surface area contributed by atoms with Crippen LogP contribution in [0, 0.1) is 6.92 Å². The average Bonchev–Trinajstić information content (AvgIpc) is 2.69. The summed E-state index contributed by atoms with van der Waals surface area (Å²) in [5.74, 6) is -0.347. The predicted octanol–water partition coefficient (Wildman–Crippen LogP) is 2.81. The summed E-state index contributed by atoms with van der Waals surface area (Å²) in [4.78, 5) is 39.1. The van der Waals surface area contributed by atoms with E-state index in [1.54, 1.807) is 52.3 Å². The number of carbonyl (C=O) groups excluding carboxylic acids is 3. The monoisotopic (exact) mass is 385 g/mol. The van der Waals surface area contributed by atoms with Crippen LogP contribution in [0.1, 0.15) is 26.3 Å². The molecule has 0 atom stereocenters. The predicted molar refractivity (Wildman–Crippen MR) is 104 cm³/mol. The molecular formula is C20H20ClN3O3. The fraction of sp³-hybridized carbons (Fsp3) is 0.250. The van der Waals surface area contributed by atoms with Gasteiger partial charge in [-0.3, -0.25) is 14.4 Å². The second-order valence-electron chi connectivity index (χ2n) is 6.42. The number of amides is 3. The Hall–Kier alpha value is -2.86. The molecule has 0 unspecified atom stereocenters. The van der Waals surface area contributed by atoms with E-state index in [0.29, 0.717) is 48.0 Å². The summed E-state index contributed by atoms with van der Waals surface area (Å²) in [7, 11) is 0. The van der Waals surface area contributed by atoms with Gasteiger partial charge < -0.3 is 15.1 Å². The molecule has 3 amide bonds. The van der Waals surface area contributed by atoms with Crippen LogP contribution in [-0.2, 0) is 4.79 Å². The number of hydrogen-bond acceptors (Lipinski definition) is 3. The van der Waals surface area contributed by atoms with Crippen molar-refractivity contribution in [2.45, 2.75) is 6.92 Å². The Bertz CT molecular complexity index is 859. The molecule has 0 radical (unpaired) electrons. The number of nitrogens with zero attached hydrogens (tertiary/aromatic N) is 2. The summed E-state index contributed by atoms with van der Waals surface area (Å²) < 4.78 is 0. The number of aryl methyl sites for hydroxylation is 1. The third-order valence-corrected chi connectivity index (χ3v) is 4.82. The van der Waals surface area contributed by atoms with Gasteiger partial charge in [-0.2, -0.15) is 0 Å². The topological polar surface area (TPSA) is 69.7 Å². The van der Waals surface area contributed by atoms with Crippen LogP contribution in [0.4, 0.5) is 5.69 Å². The third-order valence-electron chi connectivity index (χ3n) is 4.58. The number of piperazine rings is 1. The Balaban J connectivity index is 1.65. The SMILES string of the molecule is Cc1cc(Cl)ccc1NC(=O)c1ccc(C(=O)N2CCN(C=O)CC2)cc1. The van der Waals surface area contributed by atoms with Crippen molar-refractivity contribution in [3.8, 4) is 0 Å². The Labute approximate surface area is 162 Å². The maximum absolute atomic E-state index is 12.5.